The highest BCUT2D eigenvalue weighted by molar-refractivity contribution is 7.13. The fraction of sp³-hybridized carbons (Fsp3) is 0.714. The van der Waals surface area contributed by atoms with Crippen LogP contribution in [0.25, 0.3) is 0 Å². The van der Waals surface area contributed by atoms with Crippen LogP contribution in [0.3, 0.4) is 0 Å². The summed E-state index contributed by atoms with van der Waals surface area (Å²) in [7, 11) is 0. The second kappa shape index (κ2) is 6.37. The first-order valence-electron chi connectivity index (χ1n) is 6.99. The van der Waals surface area contributed by atoms with Crippen molar-refractivity contribution < 1.29 is 9.53 Å². The Balaban J connectivity index is 1.91. The molecule has 1 saturated carbocycles. The van der Waals surface area contributed by atoms with Crippen LogP contribution in [0.5, 0.6) is 0 Å². The summed E-state index contributed by atoms with van der Waals surface area (Å²) in [6.07, 6.45) is 6.56. The second-order valence-corrected chi connectivity index (χ2v) is 6.23. The number of esters is 1. The number of nitrogens with zero attached hydrogens (tertiary/aromatic N) is 1. The van der Waals surface area contributed by atoms with Crippen molar-refractivity contribution in [1.82, 2.24) is 4.98 Å². The zero-order valence-electron chi connectivity index (χ0n) is 11.7. The normalized spacial score (nSPS) is 18.0. The molecule has 1 aliphatic carbocycles. The Kier molecular flexibility index (Phi) is 4.80. The first kappa shape index (κ1) is 14.3. The van der Waals surface area contributed by atoms with Crippen molar-refractivity contribution in [1.29, 1.82) is 0 Å². The molecular weight excluding hydrogens is 260 g/mol. The van der Waals surface area contributed by atoms with Gasteiger partial charge in [0.1, 0.15) is 0 Å². The summed E-state index contributed by atoms with van der Waals surface area (Å²) >= 11 is 1.57. The van der Waals surface area contributed by atoms with E-state index in [0.29, 0.717) is 6.61 Å². The third kappa shape index (κ3) is 4.20. The molecule has 1 aromatic rings. The summed E-state index contributed by atoms with van der Waals surface area (Å²) in [6.45, 7) is 4.50. The monoisotopic (exact) mass is 282 g/mol. The van der Waals surface area contributed by atoms with Crippen molar-refractivity contribution in [2.24, 2.45) is 0 Å². The lowest BCUT2D eigenvalue weighted by molar-refractivity contribution is -0.142. The number of hydrogen-bond donors (Lipinski definition) is 1. The third-order valence-electron chi connectivity index (χ3n) is 3.55. The van der Waals surface area contributed by atoms with Gasteiger partial charge in [0.15, 0.2) is 5.13 Å². The summed E-state index contributed by atoms with van der Waals surface area (Å²) in [4.78, 5) is 15.9. The maximum atomic E-state index is 11.4. The Morgan fingerprint density at radius 3 is 2.89 bits per heavy atom. The molecule has 106 valence electrons. The van der Waals surface area contributed by atoms with Gasteiger partial charge >= 0.3 is 5.97 Å². The molecule has 4 nitrogen and oxygen atoms in total. The van der Waals surface area contributed by atoms with Crippen molar-refractivity contribution in [3.05, 3.63) is 11.1 Å². The number of nitrogens with one attached hydrogen (secondary N) is 1. The first-order chi connectivity index (χ1) is 9.11. The molecule has 19 heavy (non-hydrogen) atoms. The van der Waals surface area contributed by atoms with Gasteiger partial charge in [0, 0.05) is 10.9 Å². The summed E-state index contributed by atoms with van der Waals surface area (Å²) in [5.74, 6) is -0.205. The zero-order valence-corrected chi connectivity index (χ0v) is 12.5. The first-order valence-corrected chi connectivity index (χ1v) is 7.87. The molecule has 1 heterocycles. The fourth-order valence-electron chi connectivity index (χ4n) is 2.52. The van der Waals surface area contributed by atoms with E-state index in [-0.39, 0.29) is 17.9 Å². The molecule has 0 unspecified atom stereocenters. The van der Waals surface area contributed by atoms with Gasteiger partial charge in [0.25, 0.3) is 0 Å². The van der Waals surface area contributed by atoms with E-state index < -0.39 is 0 Å². The lowest BCUT2D eigenvalue weighted by atomic mass is 9.83. The van der Waals surface area contributed by atoms with E-state index in [1.165, 1.54) is 32.1 Å². The highest BCUT2D eigenvalue weighted by Crippen LogP contribution is 2.32. The van der Waals surface area contributed by atoms with Crippen LogP contribution in [0.1, 0.15) is 51.6 Å². The fourth-order valence-corrected chi connectivity index (χ4v) is 3.38. The lowest BCUT2D eigenvalue weighted by Gasteiger charge is -2.34. The molecule has 0 bridgehead atoms. The van der Waals surface area contributed by atoms with Gasteiger partial charge in [-0.2, -0.15) is 0 Å². The van der Waals surface area contributed by atoms with Crippen molar-refractivity contribution in [3.8, 4) is 0 Å². The number of thiazole rings is 1. The van der Waals surface area contributed by atoms with Crippen LogP contribution in [-0.4, -0.2) is 23.1 Å². The quantitative estimate of drug-likeness (QED) is 0.841. The molecule has 0 amide bonds. The van der Waals surface area contributed by atoms with Gasteiger partial charge in [-0.1, -0.05) is 19.3 Å². The maximum Gasteiger partial charge on any atom is 0.311 e. The van der Waals surface area contributed by atoms with Crippen molar-refractivity contribution >= 4 is 22.4 Å². The number of aromatic nitrogens is 1. The SMILES string of the molecule is CCOC(=O)Cc1csc(NC2(C)CCCCC2)n1. The standard InChI is InChI=1S/C14H22N2O2S/c1-3-18-12(17)9-11-10-19-13(15-11)16-14(2)7-5-4-6-8-14/h10H,3-9H2,1-2H3,(H,15,16). The number of anilines is 1. The minimum absolute atomic E-state index is 0.164. The van der Waals surface area contributed by atoms with Crippen LogP contribution in [0, 0.1) is 0 Å². The van der Waals surface area contributed by atoms with Gasteiger partial charge in [-0.05, 0) is 26.7 Å². The molecule has 0 aromatic carbocycles. The van der Waals surface area contributed by atoms with Crippen LogP contribution in [0.2, 0.25) is 0 Å². The average Bonchev–Trinajstić information content (AvgIpc) is 2.76. The maximum absolute atomic E-state index is 11.4. The van der Waals surface area contributed by atoms with Crippen LogP contribution in [0.4, 0.5) is 5.13 Å². The van der Waals surface area contributed by atoms with Crippen LogP contribution >= 0.6 is 11.3 Å². The van der Waals surface area contributed by atoms with E-state index in [2.05, 4.69) is 17.2 Å². The van der Waals surface area contributed by atoms with Crippen LogP contribution in [-0.2, 0) is 16.0 Å². The van der Waals surface area contributed by atoms with E-state index in [1.807, 2.05) is 12.3 Å². The van der Waals surface area contributed by atoms with Crippen molar-refractivity contribution in [2.75, 3.05) is 11.9 Å². The molecule has 5 heteroatoms. The van der Waals surface area contributed by atoms with E-state index in [9.17, 15) is 4.79 Å². The molecule has 0 spiro atoms. The zero-order chi connectivity index (χ0) is 13.7. The largest absolute Gasteiger partial charge is 0.466 e. The van der Waals surface area contributed by atoms with Gasteiger partial charge in [-0.3, -0.25) is 4.79 Å². The summed E-state index contributed by atoms with van der Waals surface area (Å²) in [6, 6.07) is 0. The molecule has 0 atom stereocenters. The predicted molar refractivity (Wildman–Crippen MR) is 77.6 cm³/mol. The molecule has 2 rings (SSSR count). The smallest absolute Gasteiger partial charge is 0.311 e. The molecule has 0 aliphatic heterocycles. The predicted octanol–water partition coefficient (Wildman–Crippen LogP) is 3.38. The van der Waals surface area contributed by atoms with Gasteiger partial charge in [-0.15, -0.1) is 11.3 Å². The molecular formula is C14H22N2O2S. The Hall–Kier alpha value is -1.10. The molecule has 1 fully saturated rings. The minimum Gasteiger partial charge on any atom is -0.466 e. The van der Waals surface area contributed by atoms with Crippen LogP contribution in [0.15, 0.2) is 5.38 Å². The molecule has 0 radical (unpaired) electrons. The number of carbonyl (C=O) groups excluding carboxylic acids is 1. The lowest BCUT2D eigenvalue weighted by Crippen LogP contribution is -2.36. The van der Waals surface area contributed by atoms with E-state index in [4.69, 9.17) is 4.74 Å². The topological polar surface area (TPSA) is 51.2 Å². The van der Waals surface area contributed by atoms with E-state index in [0.717, 1.165) is 10.8 Å². The van der Waals surface area contributed by atoms with Gasteiger partial charge < -0.3 is 10.1 Å². The minimum atomic E-state index is -0.205. The molecule has 1 aromatic heterocycles. The summed E-state index contributed by atoms with van der Waals surface area (Å²) in [5, 5.41) is 6.39. The summed E-state index contributed by atoms with van der Waals surface area (Å²) in [5.41, 5.74) is 0.961. The third-order valence-corrected chi connectivity index (χ3v) is 4.35. The Morgan fingerprint density at radius 2 is 2.21 bits per heavy atom. The Bertz CT molecular complexity index is 425. The van der Waals surface area contributed by atoms with E-state index >= 15 is 0 Å². The van der Waals surface area contributed by atoms with Crippen molar-refractivity contribution in [3.63, 3.8) is 0 Å². The van der Waals surface area contributed by atoms with Crippen molar-refractivity contribution in [2.45, 2.75) is 57.9 Å². The van der Waals surface area contributed by atoms with E-state index in [1.54, 1.807) is 11.3 Å². The second-order valence-electron chi connectivity index (χ2n) is 5.37. The van der Waals surface area contributed by atoms with Gasteiger partial charge in [0.2, 0.25) is 0 Å². The number of rotatable bonds is 5. The Morgan fingerprint density at radius 1 is 1.47 bits per heavy atom. The van der Waals surface area contributed by atoms with Gasteiger partial charge in [-0.25, -0.2) is 4.98 Å². The molecule has 1 aliphatic rings. The van der Waals surface area contributed by atoms with Gasteiger partial charge in [0.05, 0.1) is 18.7 Å². The Labute approximate surface area is 118 Å². The number of hydrogen-bond acceptors (Lipinski definition) is 5. The highest BCUT2D eigenvalue weighted by atomic mass is 32.1. The average molecular weight is 282 g/mol. The van der Waals surface area contributed by atoms with Crippen LogP contribution < -0.4 is 5.32 Å². The number of carbonyl (C=O) groups is 1. The molecule has 1 N–H and O–H groups in total. The number of ether oxygens (including phenoxy) is 1. The highest BCUT2D eigenvalue weighted by Gasteiger charge is 2.27. The molecule has 0 saturated heterocycles. The summed E-state index contributed by atoms with van der Waals surface area (Å²) < 4.78 is 4.93.